The standard InChI is InChI=1S/C11H17Br2ClN2/c1-4-11(6-12,7-13)5-9-10(14)8(2)15-16(9)3/h4-7H2,1-3H3. The molecule has 5 heteroatoms. The van der Waals surface area contributed by atoms with E-state index in [0.29, 0.717) is 0 Å². The van der Waals surface area contributed by atoms with Crippen molar-refractivity contribution < 1.29 is 0 Å². The van der Waals surface area contributed by atoms with Gasteiger partial charge < -0.3 is 0 Å². The molecule has 2 nitrogen and oxygen atoms in total. The minimum Gasteiger partial charge on any atom is -0.271 e. The van der Waals surface area contributed by atoms with E-state index in [2.05, 4.69) is 43.9 Å². The Balaban J connectivity index is 3.02. The van der Waals surface area contributed by atoms with Gasteiger partial charge in [0.25, 0.3) is 0 Å². The van der Waals surface area contributed by atoms with Gasteiger partial charge in [0.1, 0.15) is 0 Å². The minimum absolute atomic E-state index is 0.212. The Labute approximate surface area is 119 Å². The van der Waals surface area contributed by atoms with Gasteiger partial charge in [0.05, 0.1) is 16.4 Å². The fourth-order valence-corrected chi connectivity index (χ4v) is 4.02. The third-order valence-electron chi connectivity index (χ3n) is 3.12. The molecule has 0 aliphatic rings. The lowest BCUT2D eigenvalue weighted by Crippen LogP contribution is -2.28. The van der Waals surface area contributed by atoms with Gasteiger partial charge in [0, 0.05) is 17.7 Å². The molecule has 0 aromatic carbocycles. The Bertz CT molecular complexity index is 351. The summed E-state index contributed by atoms with van der Waals surface area (Å²) in [5, 5.41) is 7.08. The van der Waals surface area contributed by atoms with Crippen molar-refractivity contribution in [3.8, 4) is 0 Å². The zero-order valence-electron chi connectivity index (χ0n) is 9.86. The lowest BCUT2D eigenvalue weighted by Gasteiger charge is -2.28. The van der Waals surface area contributed by atoms with Crippen LogP contribution in [0, 0.1) is 12.3 Å². The van der Waals surface area contributed by atoms with Crippen LogP contribution in [0.3, 0.4) is 0 Å². The molecule has 0 saturated carbocycles. The first-order valence-corrected chi connectivity index (χ1v) is 7.91. The summed E-state index contributed by atoms with van der Waals surface area (Å²) in [5.41, 5.74) is 2.25. The van der Waals surface area contributed by atoms with Gasteiger partial charge >= 0.3 is 0 Å². The largest absolute Gasteiger partial charge is 0.271 e. The molecule has 1 heterocycles. The van der Waals surface area contributed by atoms with E-state index in [4.69, 9.17) is 11.6 Å². The summed E-state index contributed by atoms with van der Waals surface area (Å²) >= 11 is 13.5. The zero-order chi connectivity index (χ0) is 12.3. The van der Waals surface area contributed by atoms with Gasteiger partial charge in [-0.05, 0) is 25.2 Å². The van der Waals surface area contributed by atoms with E-state index < -0.39 is 0 Å². The van der Waals surface area contributed by atoms with Crippen LogP contribution in [0.2, 0.25) is 5.02 Å². The van der Waals surface area contributed by atoms with E-state index in [9.17, 15) is 0 Å². The maximum absolute atomic E-state index is 6.28. The number of aromatic nitrogens is 2. The van der Waals surface area contributed by atoms with Gasteiger partial charge in [-0.1, -0.05) is 50.4 Å². The van der Waals surface area contributed by atoms with Crippen LogP contribution in [0.15, 0.2) is 0 Å². The quantitative estimate of drug-likeness (QED) is 0.711. The van der Waals surface area contributed by atoms with Gasteiger partial charge in [-0.15, -0.1) is 0 Å². The molecular formula is C11H17Br2ClN2. The number of hydrogen-bond acceptors (Lipinski definition) is 1. The monoisotopic (exact) mass is 370 g/mol. The highest BCUT2D eigenvalue weighted by atomic mass is 79.9. The molecule has 0 spiro atoms. The molecule has 0 fully saturated rings. The van der Waals surface area contributed by atoms with Gasteiger partial charge in [-0.2, -0.15) is 5.10 Å². The Morgan fingerprint density at radius 3 is 2.25 bits per heavy atom. The van der Waals surface area contributed by atoms with Gasteiger partial charge in [0.15, 0.2) is 0 Å². The van der Waals surface area contributed by atoms with Crippen LogP contribution >= 0.6 is 43.5 Å². The lowest BCUT2D eigenvalue weighted by molar-refractivity contribution is 0.363. The van der Waals surface area contributed by atoms with Crippen LogP contribution in [0.5, 0.6) is 0 Å². The van der Waals surface area contributed by atoms with E-state index in [-0.39, 0.29) is 5.41 Å². The van der Waals surface area contributed by atoms with Crippen LogP contribution in [-0.4, -0.2) is 20.4 Å². The Hall–Kier alpha value is 0.460. The molecule has 0 amide bonds. The minimum atomic E-state index is 0.212. The van der Waals surface area contributed by atoms with Crippen molar-refractivity contribution in [1.29, 1.82) is 0 Å². The number of halogens is 3. The first-order chi connectivity index (χ1) is 7.49. The van der Waals surface area contributed by atoms with Gasteiger partial charge in [-0.3, -0.25) is 4.68 Å². The highest BCUT2D eigenvalue weighted by molar-refractivity contribution is 9.09. The van der Waals surface area contributed by atoms with Crippen LogP contribution in [0.4, 0.5) is 0 Å². The topological polar surface area (TPSA) is 17.8 Å². The molecule has 0 aliphatic heterocycles. The molecule has 0 radical (unpaired) electrons. The third kappa shape index (κ3) is 2.82. The summed E-state index contributed by atoms with van der Waals surface area (Å²) in [6, 6.07) is 0. The van der Waals surface area contributed by atoms with Crippen molar-refractivity contribution >= 4 is 43.5 Å². The normalized spacial score (nSPS) is 12.1. The second-order valence-corrected chi connectivity index (χ2v) is 5.77. The molecule has 1 aromatic heterocycles. The molecule has 0 atom stereocenters. The Kier molecular flexibility index (Phi) is 5.33. The fourth-order valence-electron chi connectivity index (χ4n) is 1.67. The molecule has 0 aliphatic carbocycles. The third-order valence-corrected chi connectivity index (χ3v) is 5.99. The number of nitrogens with zero attached hydrogens (tertiary/aromatic N) is 2. The molecule has 0 bridgehead atoms. The van der Waals surface area contributed by atoms with Crippen molar-refractivity contribution in [2.24, 2.45) is 12.5 Å². The number of alkyl halides is 2. The maximum Gasteiger partial charge on any atom is 0.0847 e. The van der Waals surface area contributed by atoms with Crippen LogP contribution in [-0.2, 0) is 13.5 Å². The van der Waals surface area contributed by atoms with Crippen molar-refractivity contribution in [2.75, 3.05) is 10.7 Å². The first kappa shape index (κ1) is 14.5. The highest BCUT2D eigenvalue weighted by Crippen LogP contribution is 2.34. The summed E-state index contributed by atoms with van der Waals surface area (Å²) < 4.78 is 1.90. The van der Waals surface area contributed by atoms with Crippen LogP contribution < -0.4 is 0 Å². The van der Waals surface area contributed by atoms with E-state index in [1.54, 1.807) is 0 Å². The molecule has 16 heavy (non-hydrogen) atoms. The van der Waals surface area contributed by atoms with Crippen LogP contribution in [0.25, 0.3) is 0 Å². The summed E-state index contributed by atoms with van der Waals surface area (Å²) in [7, 11) is 1.96. The first-order valence-electron chi connectivity index (χ1n) is 5.29. The predicted molar refractivity (Wildman–Crippen MR) is 77.0 cm³/mol. The van der Waals surface area contributed by atoms with E-state index >= 15 is 0 Å². The smallest absolute Gasteiger partial charge is 0.0847 e. The molecule has 1 rings (SSSR count). The predicted octanol–water partition coefficient (Wildman–Crippen LogP) is 4.11. The SMILES string of the molecule is CCC(CBr)(CBr)Cc1c(Cl)c(C)nn1C. The lowest BCUT2D eigenvalue weighted by atomic mass is 9.85. The molecule has 0 saturated heterocycles. The van der Waals surface area contributed by atoms with Crippen molar-refractivity contribution in [2.45, 2.75) is 26.7 Å². The van der Waals surface area contributed by atoms with E-state index in [0.717, 1.165) is 39.9 Å². The van der Waals surface area contributed by atoms with E-state index in [1.165, 1.54) is 0 Å². The molecule has 1 aromatic rings. The Morgan fingerprint density at radius 1 is 1.38 bits per heavy atom. The zero-order valence-corrected chi connectivity index (χ0v) is 13.8. The average Bonchev–Trinajstić information content (AvgIpc) is 2.52. The molecule has 92 valence electrons. The van der Waals surface area contributed by atoms with E-state index in [1.807, 2.05) is 18.7 Å². The summed E-state index contributed by atoms with van der Waals surface area (Å²) in [5.74, 6) is 0. The molecule has 0 unspecified atom stereocenters. The van der Waals surface area contributed by atoms with Gasteiger partial charge in [0.2, 0.25) is 0 Å². The Morgan fingerprint density at radius 2 is 1.94 bits per heavy atom. The van der Waals surface area contributed by atoms with Crippen molar-refractivity contribution in [1.82, 2.24) is 9.78 Å². The fraction of sp³-hybridized carbons (Fsp3) is 0.727. The van der Waals surface area contributed by atoms with Crippen LogP contribution in [0.1, 0.15) is 24.7 Å². The second-order valence-electron chi connectivity index (χ2n) is 4.27. The van der Waals surface area contributed by atoms with Crippen molar-refractivity contribution in [3.63, 3.8) is 0 Å². The second kappa shape index (κ2) is 5.87. The van der Waals surface area contributed by atoms with Gasteiger partial charge in [-0.25, -0.2) is 0 Å². The molecule has 0 N–H and O–H groups in total. The molecular weight excluding hydrogens is 355 g/mol. The average molecular weight is 373 g/mol. The number of aryl methyl sites for hydroxylation is 2. The summed E-state index contributed by atoms with van der Waals surface area (Å²) in [6.45, 7) is 4.15. The summed E-state index contributed by atoms with van der Waals surface area (Å²) in [4.78, 5) is 0. The number of rotatable bonds is 5. The highest BCUT2D eigenvalue weighted by Gasteiger charge is 2.29. The maximum atomic E-state index is 6.28. The summed E-state index contributed by atoms with van der Waals surface area (Å²) in [6.07, 6.45) is 2.04. The number of hydrogen-bond donors (Lipinski definition) is 0. The van der Waals surface area contributed by atoms with Crippen molar-refractivity contribution in [3.05, 3.63) is 16.4 Å².